The van der Waals surface area contributed by atoms with Crippen LogP contribution >= 0.6 is 11.3 Å². The minimum atomic E-state index is -0.935. The van der Waals surface area contributed by atoms with Crippen molar-refractivity contribution in [1.82, 2.24) is 14.8 Å². The number of nitrogens with zero attached hydrogens (tertiary/aromatic N) is 3. The Bertz CT molecular complexity index is 1020. The second-order valence-corrected chi connectivity index (χ2v) is 8.74. The lowest BCUT2D eigenvalue weighted by Gasteiger charge is -2.41. The standard InChI is InChI=1S/C21H26F2N4OS/c1-4-28-8-5-14-12-27(7-6-26(14)3)20-15-9-13(2)29-21(15)25-10-16-18(23)17(22)11-24-19(16)20/h9-11,14,25H,4-8,12H2,1-3H3. The summed E-state index contributed by atoms with van der Waals surface area (Å²) in [6, 6.07) is 2.42. The number of hydrogen-bond donors (Lipinski definition) is 1. The van der Waals surface area contributed by atoms with Crippen molar-refractivity contribution >= 4 is 28.2 Å². The van der Waals surface area contributed by atoms with E-state index in [0.29, 0.717) is 24.6 Å². The Balaban J connectivity index is 1.81. The summed E-state index contributed by atoms with van der Waals surface area (Å²) in [6.07, 6.45) is 3.44. The van der Waals surface area contributed by atoms with Gasteiger partial charge in [0.05, 0.1) is 22.5 Å². The van der Waals surface area contributed by atoms with Gasteiger partial charge in [0.1, 0.15) is 5.00 Å². The molecule has 8 heteroatoms. The second-order valence-electron chi connectivity index (χ2n) is 7.49. The minimum Gasteiger partial charge on any atom is -0.382 e. The van der Waals surface area contributed by atoms with Gasteiger partial charge in [-0.15, -0.1) is 11.3 Å². The maximum Gasteiger partial charge on any atom is 0.177 e. The summed E-state index contributed by atoms with van der Waals surface area (Å²) in [7, 11) is 2.13. The van der Waals surface area contributed by atoms with Gasteiger partial charge in [0.25, 0.3) is 0 Å². The maximum absolute atomic E-state index is 14.6. The van der Waals surface area contributed by atoms with Gasteiger partial charge in [-0.05, 0) is 33.4 Å². The number of hydrogen-bond acceptors (Lipinski definition) is 6. The van der Waals surface area contributed by atoms with Gasteiger partial charge >= 0.3 is 0 Å². The first-order valence-corrected chi connectivity index (χ1v) is 10.8. The number of pyridine rings is 1. The van der Waals surface area contributed by atoms with Gasteiger partial charge in [-0.2, -0.15) is 0 Å². The highest BCUT2D eigenvalue weighted by Gasteiger charge is 2.29. The predicted molar refractivity (Wildman–Crippen MR) is 112 cm³/mol. The highest BCUT2D eigenvalue weighted by atomic mass is 32.1. The van der Waals surface area contributed by atoms with E-state index in [0.717, 1.165) is 53.4 Å². The molecule has 0 amide bonds. The van der Waals surface area contributed by atoms with E-state index in [4.69, 9.17) is 4.74 Å². The summed E-state index contributed by atoms with van der Waals surface area (Å²) in [5.41, 5.74) is 1.86. The number of ether oxygens (including phenoxy) is 1. The number of piperazine rings is 1. The van der Waals surface area contributed by atoms with Crippen LogP contribution in [0.2, 0.25) is 0 Å². The van der Waals surface area contributed by atoms with Crippen LogP contribution in [0, 0.1) is 18.6 Å². The van der Waals surface area contributed by atoms with E-state index in [2.05, 4.69) is 33.2 Å². The SMILES string of the molecule is CCOCCC1CN(C2=c3ncc(F)c(F)c3=CNc3sc(C)cc32)CCN1C. The van der Waals surface area contributed by atoms with Crippen LogP contribution in [0.4, 0.5) is 13.8 Å². The van der Waals surface area contributed by atoms with E-state index >= 15 is 0 Å². The number of aryl methyl sites for hydroxylation is 1. The summed E-state index contributed by atoms with van der Waals surface area (Å²) >= 11 is 1.61. The Kier molecular flexibility index (Phi) is 5.85. The van der Waals surface area contributed by atoms with Gasteiger partial charge < -0.3 is 15.0 Å². The fourth-order valence-electron chi connectivity index (χ4n) is 4.01. The van der Waals surface area contributed by atoms with E-state index in [1.54, 1.807) is 11.3 Å². The van der Waals surface area contributed by atoms with Crippen molar-refractivity contribution in [2.45, 2.75) is 26.3 Å². The van der Waals surface area contributed by atoms with Crippen molar-refractivity contribution in [3.05, 3.63) is 44.9 Å². The predicted octanol–water partition coefficient (Wildman–Crippen LogP) is 2.09. The lowest BCUT2D eigenvalue weighted by Crippen LogP contribution is -2.53. The first-order valence-electron chi connectivity index (χ1n) is 9.94. The molecule has 5 nitrogen and oxygen atoms in total. The fraction of sp³-hybridized carbons (Fsp3) is 0.476. The third kappa shape index (κ3) is 3.89. The first kappa shape index (κ1) is 20.3. The molecule has 2 aromatic heterocycles. The van der Waals surface area contributed by atoms with Crippen molar-refractivity contribution in [3.63, 3.8) is 0 Å². The Hall–Kier alpha value is -2.03. The second kappa shape index (κ2) is 8.38. The van der Waals surface area contributed by atoms with E-state index in [1.807, 2.05) is 13.8 Å². The molecule has 0 spiro atoms. The Morgan fingerprint density at radius 3 is 2.97 bits per heavy atom. The average Bonchev–Trinajstić information content (AvgIpc) is 2.99. The molecule has 2 aliphatic rings. The summed E-state index contributed by atoms with van der Waals surface area (Å²) in [6.45, 7) is 7.93. The third-order valence-electron chi connectivity index (χ3n) is 5.58. The third-order valence-corrected chi connectivity index (χ3v) is 6.57. The lowest BCUT2D eigenvalue weighted by molar-refractivity contribution is 0.0812. The molecule has 1 atom stereocenters. The fourth-order valence-corrected chi connectivity index (χ4v) is 4.89. The van der Waals surface area contributed by atoms with Crippen molar-refractivity contribution in [3.8, 4) is 0 Å². The molecular weight excluding hydrogens is 394 g/mol. The number of rotatable bonds is 5. The Labute approximate surface area is 173 Å². The molecule has 1 fully saturated rings. The van der Waals surface area contributed by atoms with E-state index in [-0.39, 0.29) is 5.22 Å². The van der Waals surface area contributed by atoms with E-state index in [1.165, 1.54) is 6.20 Å². The van der Waals surface area contributed by atoms with Crippen LogP contribution in [0.25, 0.3) is 11.9 Å². The average molecular weight is 421 g/mol. The molecule has 1 saturated heterocycles. The molecule has 1 unspecified atom stereocenters. The highest BCUT2D eigenvalue weighted by molar-refractivity contribution is 7.16. The van der Waals surface area contributed by atoms with Gasteiger partial charge in [-0.25, -0.2) is 8.78 Å². The van der Waals surface area contributed by atoms with Gasteiger partial charge in [-0.1, -0.05) is 0 Å². The van der Waals surface area contributed by atoms with Crippen LogP contribution in [0.1, 0.15) is 23.8 Å². The van der Waals surface area contributed by atoms with Crippen LogP contribution in [0.5, 0.6) is 0 Å². The first-order chi connectivity index (χ1) is 14.0. The van der Waals surface area contributed by atoms with Gasteiger partial charge in [0, 0.05) is 55.5 Å². The molecule has 0 aromatic carbocycles. The monoisotopic (exact) mass is 420 g/mol. The van der Waals surface area contributed by atoms with Crippen molar-refractivity contribution in [2.75, 3.05) is 45.2 Å². The quantitative estimate of drug-likeness (QED) is 0.751. The van der Waals surface area contributed by atoms with E-state index < -0.39 is 11.6 Å². The summed E-state index contributed by atoms with van der Waals surface area (Å²) < 4.78 is 34.1. The number of anilines is 1. The van der Waals surface area contributed by atoms with Gasteiger partial charge in [-0.3, -0.25) is 9.88 Å². The zero-order valence-electron chi connectivity index (χ0n) is 17.0. The summed E-state index contributed by atoms with van der Waals surface area (Å²) in [5, 5.41) is 4.76. The molecule has 1 N–H and O–H groups in total. The Morgan fingerprint density at radius 1 is 1.34 bits per heavy atom. The number of halogens is 2. The largest absolute Gasteiger partial charge is 0.382 e. The molecule has 4 heterocycles. The number of fused-ring (bicyclic) bond motifs is 2. The van der Waals surface area contributed by atoms with Crippen molar-refractivity contribution < 1.29 is 13.5 Å². The molecule has 0 radical (unpaired) electrons. The molecular formula is C21H26F2N4OS. The minimum absolute atomic E-state index is 0.172. The number of likely N-dealkylation sites (N-methyl/N-ethyl adjacent to an activating group) is 1. The molecule has 0 bridgehead atoms. The molecule has 156 valence electrons. The summed E-state index contributed by atoms with van der Waals surface area (Å²) in [4.78, 5) is 10.1. The molecule has 4 rings (SSSR count). The highest BCUT2D eigenvalue weighted by Crippen LogP contribution is 2.35. The molecule has 2 aromatic rings. The molecule has 29 heavy (non-hydrogen) atoms. The molecule has 0 aliphatic carbocycles. The number of aromatic nitrogens is 1. The lowest BCUT2D eigenvalue weighted by atomic mass is 10.1. The van der Waals surface area contributed by atoms with Crippen LogP contribution in [-0.2, 0) is 4.74 Å². The number of thiophene rings is 1. The van der Waals surface area contributed by atoms with Crippen molar-refractivity contribution in [1.29, 1.82) is 0 Å². The summed E-state index contributed by atoms with van der Waals surface area (Å²) in [5.74, 6) is -1.80. The topological polar surface area (TPSA) is 40.6 Å². The molecule has 2 aliphatic heterocycles. The number of nitrogens with one attached hydrogen (secondary N) is 1. The normalized spacial score (nSPS) is 19.3. The molecule has 0 saturated carbocycles. The maximum atomic E-state index is 14.6. The van der Waals surface area contributed by atoms with Crippen LogP contribution in [-0.4, -0.2) is 60.7 Å². The Morgan fingerprint density at radius 2 is 2.17 bits per heavy atom. The smallest absolute Gasteiger partial charge is 0.177 e. The van der Waals surface area contributed by atoms with Gasteiger partial charge in [0.2, 0.25) is 0 Å². The van der Waals surface area contributed by atoms with E-state index in [9.17, 15) is 8.78 Å². The zero-order valence-corrected chi connectivity index (χ0v) is 17.8. The van der Waals surface area contributed by atoms with Crippen LogP contribution in [0.3, 0.4) is 0 Å². The zero-order chi connectivity index (χ0) is 20.5. The van der Waals surface area contributed by atoms with Crippen LogP contribution < -0.4 is 15.9 Å². The van der Waals surface area contributed by atoms with Crippen LogP contribution in [0.15, 0.2) is 12.3 Å². The van der Waals surface area contributed by atoms with Gasteiger partial charge in [0.15, 0.2) is 11.6 Å². The van der Waals surface area contributed by atoms with Crippen molar-refractivity contribution in [2.24, 2.45) is 0 Å².